The lowest BCUT2D eigenvalue weighted by Gasteiger charge is -2.14. The van der Waals surface area contributed by atoms with Crippen LogP contribution in [-0.2, 0) is 10.2 Å². The fourth-order valence-electron chi connectivity index (χ4n) is 0.972. The van der Waals surface area contributed by atoms with E-state index < -0.39 is 10.2 Å². The molecule has 1 fully saturated rings. The van der Waals surface area contributed by atoms with Gasteiger partial charge < -0.3 is 5.73 Å². The molecular formula is C7H17N3O2S. The summed E-state index contributed by atoms with van der Waals surface area (Å²) in [5, 5.41) is 0. The van der Waals surface area contributed by atoms with E-state index in [2.05, 4.69) is 9.44 Å². The first-order valence-corrected chi connectivity index (χ1v) is 6.05. The molecule has 0 aromatic heterocycles. The van der Waals surface area contributed by atoms with Gasteiger partial charge in [0.2, 0.25) is 0 Å². The highest BCUT2D eigenvalue weighted by atomic mass is 32.2. The summed E-state index contributed by atoms with van der Waals surface area (Å²) >= 11 is 0. The molecular weight excluding hydrogens is 190 g/mol. The van der Waals surface area contributed by atoms with E-state index in [-0.39, 0.29) is 12.1 Å². The van der Waals surface area contributed by atoms with Crippen molar-refractivity contribution in [2.75, 3.05) is 6.54 Å². The maximum absolute atomic E-state index is 11.3. The first kappa shape index (κ1) is 10.9. The van der Waals surface area contributed by atoms with Crippen molar-refractivity contribution in [1.29, 1.82) is 0 Å². The normalized spacial score (nSPS) is 20.2. The van der Waals surface area contributed by atoms with Crippen LogP contribution in [0, 0.1) is 0 Å². The molecule has 0 heterocycles. The second-order valence-electron chi connectivity index (χ2n) is 3.35. The number of nitrogens with one attached hydrogen (secondary N) is 2. The minimum absolute atomic E-state index is 0.146. The molecule has 78 valence electrons. The summed E-state index contributed by atoms with van der Waals surface area (Å²) in [6.45, 7) is 2.24. The molecule has 0 amide bonds. The van der Waals surface area contributed by atoms with Crippen LogP contribution >= 0.6 is 0 Å². The van der Waals surface area contributed by atoms with Crippen LogP contribution in [0.3, 0.4) is 0 Å². The van der Waals surface area contributed by atoms with Gasteiger partial charge in [0, 0.05) is 18.6 Å². The third kappa shape index (κ3) is 4.04. The third-order valence-electron chi connectivity index (χ3n) is 2.00. The summed E-state index contributed by atoms with van der Waals surface area (Å²) in [7, 11) is -3.32. The molecule has 6 heteroatoms. The average Bonchev–Trinajstić information content (AvgIpc) is 2.83. The van der Waals surface area contributed by atoms with Crippen molar-refractivity contribution in [2.24, 2.45) is 5.73 Å². The van der Waals surface area contributed by atoms with Gasteiger partial charge in [-0.2, -0.15) is 17.9 Å². The van der Waals surface area contributed by atoms with E-state index >= 15 is 0 Å². The first-order chi connectivity index (χ1) is 6.07. The first-order valence-electron chi connectivity index (χ1n) is 4.57. The largest absolute Gasteiger partial charge is 0.329 e. The number of hydrogen-bond donors (Lipinski definition) is 3. The van der Waals surface area contributed by atoms with Crippen molar-refractivity contribution < 1.29 is 8.42 Å². The molecule has 0 aromatic rings. The Morgan fingerprint density at radius 1 is 1.54 bits per heavy atom. The van der Waals surface area contributed by atoms with Gasteiger partial charge in [-0.1, -0.05) is 6.92 Å². The Bertz CT molecular complexity index is 244. The van der Waals surface area contributed by atoms with Gasteiger partial charge in [0.1, 0.15) is 0 Å². The van der Waals surface area contributed by atoms with Crippen molar-refractivity contribution in [3.05, 3.63) is 0 Å². The standard InChI is InChI=1S/C7H17N3O2S/c1-2-6(5-8)9-13(11,12)10-7-3-4-7/h6-7,9-10H,2-5,8H2,1H3. The molecule has 13 heavy (non-hydrogen) atoms. The van der Waals surface area contributed by atoms with Crippen molar-refractivity contribution in [2.45, 2.75) is 38.3 Å². The van der Waals surface area contributed by atoms with Gasteiger partial charge in [0.15, 0.2) is 0 Å². The Labute approximate surface area is 79.3 Å². The third-order valence-corrected chi connectivity index (χ3v) is 3.29. The maximum atomic E-state index is 11.3. The molecule has 1 aliphatic rings. The van der Waals surface area contributed by atoms with Crippen LogP contribution in [-0.4, -0.2) is 27.0 Å². The second-order valence-corrected chi connectivity index (χ2v) is 4.83. The molecule has 0 radical (unpaired) electrons. The van der Waals surface area contributed by atoms with E-state index in [1.165, 1.54) is 0 Å². The molecule has 1 aliphatic carbocycles. The highest BCUT2D eigenvalue weighted by Gasteiger charge is 2.27. The van der Waals surface area contributed by atoms with Gasteiger partial charge in [-0.15, -0.1) is 0 Å². The fraction of sp³-hybridized carbons (Fsp3) is 1.00. The highest BCUT2D eigenvalue weighted by Crippen LogP contribution is 2.19. The zero-order chi connectivity index (χ0) is 9.90. The van der Waals surface area contributed by atoms with Crippen LogP contribution in [0.5, 0.6) is 0 Å². The van der Waals surface area contributed by atoms with E-state index in [1.807, 2.05) is 6.92 Å². The molecule has 5 nitrogen and oxygen atoms in total. The zero-order valence-electron chi connectivity index (χ0n) is 7.79. The molecule has 0 saturated heterocycles. The van der Waals surface area contributed by atoms with Crippen LogP contribution in [0.25, 0.3) is 0 Å². The average molecular weight is 207 g/mol. The van der Waals surface area contributed by atoms with Crippen LogP contribution in [0.2, 0.25) is 0 Å². The van der Waals surface area contributed by atoms with Crippen molar-refractivity contribution in [3.8, 4) is 0 Å². The summed E-state index contributed by atoms with van der Waals surface area (Å²) < 4.78 is 27.7. The van der Waals surface area contributed by atoms with Crippen LogP contribution < -0.4 is 15.2 Å². The van der Waals surface area contributed by atoms with Crippen molar-refractivity contribution in [3.63, 3.8) is 0 Å². The topological polar surface area (TPSA) is 84.2 Å². The quantitative estimate of drug-likeness (QED) is 0.539. The lowest BCUT2D eigenvalue weighted by atomic mass is 10.2. The molecule has 1 saturated carbocycles. The van der Waals surface area contributed by atoms with Gasteiger partial charge in [0.25, 0.3) is 10.2 Å². The smallest absolute Gasteiger partial charge is 0.277 e. The summed E-state index contributed by atoms with van der Waals surface area (Å²) in [4.78, 5) is 0. The SMILES string of the molecule is CCC(CN)NS(=O)(=O)NC1CC1. The minimum Gasteiger partial charge on any atom is -0.329 e. The van der Waals surface area contributed by atoms with E-state index in [0.717, 1.165) is 12.8 Å². The molecule has 0 aromatic carbocycles. The van der Waals surface area contributed by atoms with E-state index in [1.54, 1.807) is 0 Å². The summed E-state index contributed by atoms with van der Waals surface area (Å²) in [6, 6.07) is -0.0102. The van der Waals surface area contributed by atoms with E-state index in [0.29, 0.717) is 13.0 Å². The number of rotatable bonds is 6. The van der Waals surface area contributed by atoms with Crippen LogP contribution in [0.4, 0.5) is 0 Å². The van der Waals surface area contributed by atoms with Gasteiger partial charge in [-0.3, -0.25) is 0 Å². The Morgan fingerprint density at radius 2 is 2.15 bits per heavy atom. The van der Waals surface area contributed by atoms with Gasteiger partial charge in [-0.05, 0) is 19.3 Å². The Hall–Kier alpha value is -0.170. The molecule has 1 rings (SSSR count). The van der Waals surface area contributed by atoms with Crippen molar-refractivity contribution >= 4 is 10.2 Å². The molecule has 0 spiro atoms. The Kier molecular flexibility index (Phi) is 3.66. The summed E-state index contributed by atoms with van der Waals surface area (Å²) in [6.07, 6.45) is 2.60. The monoisotopic (exact) mass is 207 g/mol. The minimum atomic E-state index is -3.32. The number of hydrogen-bond acceptors (Lipinski definition) is 3. The Morgan fingerprint density at radius 3 is 2.54 bits per heavy atom. The fourth-order valence-corrected chi connectivity index (χ4v) is 2.42. The Balaban J connectivity index is 2.39. The van der Waals surface area contributed by atoms with Crippen LogP contribution in [0.1, 0.15) is 26.2 Å². The molecule has 4 N–H and O–H groups in total. The lowest BCUT2D eigenvalue weighted by Crippen LogP contribution is -2.46. The zero-order valence-corrected chi connectivity index (χ0v) is 8.60. The van der Waals surface area contributed by atoms with Gasteiger partial charge in [0.05, 0.1) is 0 Å². The van der Waals surface area contributed by atoms with E-state index in [4.69, 9.17) is 5.73 Å². The predicted molar refractivity (Wildman–Crippen MR) is 51.3 cm³/mol. The van der Waals surface area contributed by atoms with Crippen molar-refractivity contribution in [1.82, 2.24) is 9.44 Å². The molecule has 0 aliphatic heterocycles. The second kappa shape index (κ2) is 4.36. The summed E-state index contributed by atoms with van der Waals surface area (Å²) in [5.41, 5.74) is 5.38. The van der Waals surface area contributed by atoms with E-state index in [9.17, 15) is 8.42 Å². The predicted octanol–water partition coefficient (Wildman–Crippen LogP) is -0.690. The van der Waals surface area contributed by atoms with Crippen LogP contribution in [0.15, 0.2) is 0 Å². The molecule has 1 atom stereocenters. The maximum Gasteiger partial charge on any atom is 0.277 e. The highest BCUT2D eigenvalue weighted by molar-refractivity contribution is 7.87. The summed E-state index contributed by atoms with van der Waals surface area (Å²) in [5.74, 6) is 0. The lowest BCUT2D eigenvalue weighted by molar-refractivity contribution is 0.530. The van der Waals surface area contributed by atoms with Gasteiger partial charge >= 0.3 is 0 Å². The number of nitrogens with two attached hydrogens (primary N) is 1. The molecule has 1 unspecified atom stereocenters. The molecule has 0 bridgehead atoms. The van der Waals surface area contributed by atoms with Gasteiger partial charge in [-0.25, -0.2) is 0 Å².